The lowest BCUT2D eigenvalue weighted by atomic mass is 10.0. The number of benzene rings is 1. The Labute approximate surface area is 176 Å². The van der Waals surface area contributed by atoms with Gasteiger partial charge in [0.2, 0.25) is 15.9 Å². The number of nitrogens with one attached hydrogen (secondary N) is 1. The van der Waals surface area contributed by atoms with Crippen molar-refractivity contribution < 1.29 is 22.4 Å². The number of piperazine rings is 1. The van der Waals surface area contributed by atoms with Crippen LogP contribution in [-0.4, -0.2) is 62.8 Å². The van der Waals surface area contributed by atoms with Crippen molar-refractivity contribution in [3.63, 3.8) is 0 Å². The molecule has 30 heavy (non-hydrogen) atoms. The topological polar surface area (TPSA) is 99.9 Å². The van der Waals surface area contributed by atoms with Crippen LogP contribution in [0.15, 0.2) is 33.8 Å². The summed E-state index contributed by atoms with van der Waals surface area (Å²) < 4.78 is 33.4. The standard InChI is InChI=1S/C21H27N3O5S/c1-14-12-15(2)17(4)20(16(14)3)30(27,28)22-13-19(25)23-7-9-24(10-8-23)21(26)18-6-5-11-29-18/h5-6,11-12,22H,7-10,13H2,1-4H3. The zero-order valence-corrected chi connectivity index (χ0v) is 18.5. The summed E-state index contributed by atoms with van der Waals surface area (Å²) in [6.07, 6.45) is 1.44. The summed E-state index contributed by atoms with van der Waals surface area (Å²) >= 11 is 0. The first kappa shape index (κ1) is 22.0. The Morgan fingerprint density at radius 1 is 1.00 bits per heavy atom. The van der Waals surface area contributed by atoms with Crippen LogP contribution in [0, 0.1) is 27.7 Å². The molecule has 162 valence electrons. The van der Waals surface area contributed by atoms with Gasteiger partial charge in [0, 0.05) is 26.2 Å². The van der Waals surface area contributed by atoms with E-state index in [0.29, 0.717) is 37.3 Å². The third kappa shape index (κ3) is 4.41. The fourth-order valence-electron chi connectivity index (χ4n) is 3.64. The molecule has 1 aliphatic heterocycles. The summed E-state index contributed by atoms with van der Waals surface area (Å²) in [6.45, 7) is 8.38. The number of carbonyl (C=O) groups excluding carboxylic acids is 2. The molecule has 0 unspecified atom stereocenters. The molecule has 0 spiro atoms. The van der Waals surface area contributed by atoms with Gasteiger partial charge in [-0.15, -0.1) is 0 Å². The monoisotopic (exact) mass is 433 g/mol. The van der Waals surface area contributed by atoms with Crippen LogP contribution >= 0.6 is 0 Å². The van der Waals surface area contributed by atoms with Gasteiger partial charge < -0.3 is 14.2 Å². The zero-order valence-electron chi connectivity index (χ0n) is 17.7. The van der Waals surface area contributed by atoms with Crippen molar-refractivity contribution >= 4 is 21.8 Å². The summed E-state index contributed by atoms with van der Waals surface area (Å²) in [7, 11) is -3.83. The predicted octanol–water partition coefficient (Wildman–Crippen LogP) is 1.78. The molecular weight excluding hydrogens is 406 g/mol. The number of rotatable bonds is 5. The van der Waals surface area contributed by atoms with Crippen LogP contribution in [-0.2, 0) is 14.8 Å². The molecule has 3 rings (SSSR count). The minimum Gasteiger partial charge on any atom is -0.459 e. The van der Waals surface area contributed by atoms with Gasteiger partial charge in [-0.1, -0.05) is 6.07 Å². The Morgan fingerprint density at radius 2 is 1.57 bits per heavy atom. The Balaban J connectivity index is 1.61. The minimum atomic E-state index is -3.83. The van der Waals surface area contributed by atoms with Crippen LogP contribution < -0.4 is 4.72 Å². The molecule has 2 aromatic rings. The highest BCUT2D eigenvalue weighted by Gasteiger charge is 2.28. The first-order valence-corrected chi connectivity index (χ1v) is 11.3. The molecule has 2 amide bonds. The van der Waals surface area contributed by atoms with Gasteiger partial charge in [0.05, 0.1) is 17.7 Å². The van der Waals surface area contributed by atoms with Gasteiger partial charge in [0.15, 0.2) is 5.76 Å². The maximum absolute atomic E-state index is 12.9. The predicted molar refractivity (Wildman–Crippen MR) is 112 cm³/mol. The van der Waals surface area contributed by atoms with Gasteiger partial charge in [0.25, 0.3) is 5.91 Å². The molecule has 2 heterocycles. The number of hydrogen-bond acceptors (Lipinski definition) is 5. The van der Waals surface area contributed by atoms with Gasteiger partial charge in [-0.25, -0.2) is 13.1 Å². The largest absolute Gasteiger partial charge is 0.459 e. The number of sulfonamides is 1. The lowest BCUT2D eigenvalue weighted by Gasteiger charge is -2.34. The van der Waals surface area contributed by atoms with Crippen molar-refractivity contribution in [1.29, 1.82) is 0 Å². The van der Waals surface area contributed by atoms with Crippen molar-refractivity contribution in [2.75, 3.05) is 32.7 Å². The molecule has 1 saturated heterocycles. The molecular formula is C21H27N3O5S. The Kier molecular flexibility index (Phi) is 6.33. The summed E-state index contributed by atoms with van der Waals surface area (Å²) in [5, 5.41) is 0. The molecule has 1 N–H and O–H groups in total. The second-order valence-corrected chi connectivity index (χ2v) is 9.27. The summed E-state index contributed by atoms with van der Waals surface area (Å²) in [5.74, 6) is -0.265. The van der Waals surface area contributed by atoms with E-state index >= 15 is 0 Å². The van der Waals surface area contributed by atoms with E-state index in [2.05, 4.69) is 4.72 Å². The Bertz CT molecular complexity index is 1030. The average molecular weight is 434 g/mol. The van der Waals surface area contributed by atoms with E-state index in [9.17, 15) is 18.0 Å². The highest BCUT2D eigenvalue weighted by atomic mass is 32.2. The number of nitrogens with zero attached hydrogens (tertiary/aromatic N) is 2. The van der Waals surface area contributed by atoms with Crippen molar-refractivity contribution in [2.24, 2.45) is 0 Å². The van der Waals surface area contributed by atoms with E-state index in [1.54, 1.807) is 35.8 Å². The second kappa shape index (κ2) is 8.61. The zero-order chi connectivity index (χ0) is 22.1. The minimum absolute atomic E-state index is 0.214. The SMILES string of the molecule is Cc1cc(C)c(C)c(S(=O)(=O)NCC(=O)N2CCN(C(=O)c3ccco3)CC2)c1C. The van der Waals surface area contributed by atoms with E-state index in [-0.39, 0.29) is 29.0 Å². The van der Waals surface area contributed by atoms with E-state index in [0.717, 1.165) is 11.1 Å². The maximum Gasteiger partial charge on any atom is 0.289 e. The molecule has 9 heteroatoms. The molecule has 8 nitrogen and oxygen atoms in total. The van der Waals surface area contributed by atoms with Crippen LogP contribution in [0.5, 0.6) is 0 Å². The normalized spacial score (nSPS) is 14.8. The molecule has 0 radical (unpaired) electrons. The molecule has 1 fully saturated rings. The highest BCUT2D eigenvalue weighted by molar-refractivity contribution is 7.89. The van der Waals surface area contributed by atoms with E-state index < -0.39 is 10.0 Å². The third-order valence-electron chi connectivity index (χ3n) is 5.63. The van der Waals surface area contributed by atoms with Crippen LogP contribution in [0.1, 0.15) is 32.8 Å². The average Bonchev–Trinajstić information content (AvgIpc) is 3.25. The number of furan rings is 1. The number of hydrogen-bond donors (Lipinski definition) is 1. The first-order chi connectivity index (χ1) is 14.1. The maximum atomic E-state index is 12.9. The van der Waals surface area contributed by atoms with E-state index in [4.69, 9.17) is 4.42 Å². The van der Waals surface area contributed by atoms with Gasteiger partial charge in [-0.05, 0) is 62.1 Å². The van der Waals surface area contributed by atoms with Crippen LogP contribution in [0.25, 0.3) is 0 Å². The van der Waals surface area contributed by atoms with Crippen molar-refractivity contribution in [1.82, 2.24) is 14.5 Å². The van der Waals surface area contributed by atoms with Crippen LogP contribution in [0.3, 0.4) is 0 Å². The third-order valence-corrected chi connectivity index (χ3v) is 7.31. The van der Waals surface area contributed by atoms with Gasteiger partial charge in [0.1, 0.15) is 0 Å². The molecule has 1 aromatic carbocycles. The van der Waals surface area contributed by atoms with E-state index in [1.807, 2.05) is 19.9 Å². The molecule has 1 aliphatic rings. The fraction of sp³-hybridized carbons (Fsp3) is 0.429. The Hall–Kier alpha value is -2.65. The van der Waals surface area contributed by atoms with Crippen molar-refractivity contribution in [2.45, 2.75) is 32.6 Å². The van der Waals surface area contributed by atoms with Crippen LogP contribution in [0.4, 0.5) is 0 Å². The van der Waals surface area contributed by atoms with Gasteiger partial charge in [-0.3, -0.25) is 9.59 Å². The quantitative estimate of drug-likeness (QED) is 0.775. The number of aryl methyl sites for hydroxylation is 2. The molecule has 0 bridgehead atoms. The highest BCUT2D eigenvalue weighted by Crippen LogP contribution is 2.25. The van der Waals surface area contributed by atoms with E-state index in [1.165, 1.54) is 6.26 Å². The molecule has 1 aromatic heterocycles. The molecule has 0 saturated carbocycles. The molecule has 0 atom stereocenters. The number of amides is 2. The summed E-state index contributed by atoms with van der Waals surface area (Å²) in [6, 6.07) is 5.21. The van der Waals surface area contributed by atoms with Crippen LogP contribution in [0.2, 0.25) is 0 Å². The smallest absolute Gasteiger partial charge is 0.289 e. The summed E-state index contributed by atoms with van der Waals surface area (Å²) in [5.41, 5.74) is 3.15. The second-order valence-electron chi connectivity index (χ2n) is 7.56. The van der Waals surface area contributed by atoms with Crippen molar-refractivity contribution in [3.05, 3.63) is 52.5 Å². The lowest BCUT2D eigenvalue weighted by Crippen LogP contribution is -2.52. The Morgan fingerprint density at radius 3 is 2.10 bits per heavy atom. The lowest BCUT2D eigenvalue weighted by molar-refractivity contribution is -0.131. The number of carbonyl (C=O) groups is 2. The molecule has 0 aliphatic carbocycles. The van der Waals surface area contributed by atoms with Gasteiger partial charge >= 0.3 is 0 Å². The summed E-state index contributed by atoms with van der Waals surface area (Å²) in [4.78, 5) is 28.3. The fourth-order valence-corrected chi connectivity index (χ4v) is 5.23. The first-order valence-electron chi connectivity index (χ1n) is 9.79. The van der Waals surface area contributed by atoms with Crippen molar-refractivity contribution in [3.8, 4) is 0 Å². The van der Waals surface area contributed by atoms with Gasteiger partial charge in [-0.2, -0.15) is 0 Å².